The Morgan fingerprint density at radius 3 is 2.50 bits per heavy atom. The Morgan fingerprint density at radius 2 is 1.88 bits per heavy atom. The summed E-state index contributed by atoms with van der Waals surface area (Å²) in [5.41, 5.74) is 0.362. The summed E-state index contributed by atoms with van der Waals surface area (Å²) in [5.74, 6) is 1.95. The van der Waals surface area contributed by atoms with Crippen molar-refractivity contribution in [1.82, 2.24) is 10.2 Å². The second kappa shape index (κ2) is 5.05. The predicted octanol–water partition coefficient (Wildman–Crippen LogP) is 2.50. The zero-order valence-corrected chi connectivity index (χ0v) is 11.3. The van der Waals surface area contributed by atoms with Crippen LogP contribution >= 0.6 is 0 Å². The minimum Gasteiger partial charge on any atom is -0.314 e. The first-order valence-corrected chi connectivity index (χ1v) is 7.04. The van der Waals surface area contributed by atoms with Crippen LogP contribution in [0.3, 0.4) is 0 Å². The summed E-state index contributed by atoms with van der Waals surface area (Å²) in [6.07, 6.45) is 5.83. The van der Waals surface area contributed by atoms with Gasteiger partial charge in [0.15, 0.2) is 0 Å². The number of nitrogens with zero attached hydrogens (tertiary/aromatic N) is 1. The second-order valence-corrected chi connectivity index (χ2v) is 6.56. The fourth-order valence-corrected chi connectivity index (χ4v) is 3.18. The zero-order chi connectivity index (χ0) is 11.6. The van der Waals surface area contributed by atoms with Crippen LogP contribution in [0, 0.1) is 11.8 Å². The minimum absolute atomic E-state index is 0.362. The van der Waals surface area contributed by atoms with Crippen LogP contribution in [0.2, 0.25) is 0 Å². The van der Waals surface area contributed by atoms with Crippen LogP contribution in [0.4, 0.5) is 0 Å². The van der Waals surface area contributed by atoms with Gasteiger partial charge in [-0.25, -0.2) is 0 Å². The Hall–Kier alpha value is -0.0800. The molecule has 0 unspecified atom stereocenters. The summed E-state index contributed by atoms with van der Waals surface area (Å²) in [7, 11) is 0. The van der Waals surface area contributed by atoms with Gasteiger partial charge < -0.3 is 5.32 Å². The monoisotopic (exact) mass is 224 g/mol. The van der Waals surface area contributed by atoms with Crippen LogP contribution in [0.25, 0.3) is 0 Å². The molecule has 1 aliphatic carbocycles. The quantitative estimate of drug-likeness (QED) is 0.775. The van der Waals surface area contributed by atoms with Gasteiger partial charge in [-0.05, 0) is 38.5 Å². The molecule has 0 atom stereocenters. The van der Waals surface area contributed by atoms with Crippen molar-refractivity contribution in [1.29, 1.82) is 0 Å². The van der Waals surface area contributed by atoms with E-state index in [0.717, 1.165) is 18.4 Å². The normalized spacial score (nSPS) is 36.2. The van der Waals surface area contributed by atoms with Gasteiger partial charge in [0.2, 0.25) is 0 Å². The molecule has 0 radical (unpaired) electrons. The molecule has 0 aromatic carbocycles. The molecule has 1 heterocycles. The summed E-state index contributed by atoms with van der Waals surface area (Å²) in [6.45, 7) is 12.1. The fraction of sp³-hybridized carbons (Fsp3) is 1.00. The minimum atomic E-state index is 0.362. The van der Waals surface area contributed by atoms with Crippen molar-refractivity contribution in [3.05, 3.63) is 0 Å². The fourth-order valence-electron chi connectivity index (χ4n) is 3.18. The molecule has 2 fully saturated rings. The number of rotatable bonds is 2. The summed E-state index contributed by atoms with van der Waals surface area (Å²) in [4.78, 5) is 2.71. The second-order valence-electron chi connectivity index (χ2n) is 6.56. The van der Waals surface area contributed by atoms with Crippen LogP contribution in [0.5, 0.6) is 0 Å². The molecule has 1 saturated heterocycles. The van der Waals surface area contributed by atoms with Gasteiger partial charge in [0.05, 0.1) is 0 Å². The van der Waals surface area contributed by atoms with Crippen LogP contribution in [0.1, 0.15) is 46.5 Å². The highest BCUT2D eigenvalue weighted by Crippen LogP contribution is 2.30. The molecular formula is C14H28N2. The van der Waals surface area contributed by atoms with Crippen molar-refractivity contribution < 1.29 is 0 Å². The molecule has 1 aliphatic heterocycles. The van der Waals surface area contributed by atoms with E-state index in [1.54, 1.807) is 0 Å². The smallest absolute Gasteiger partial charge is 0.0278 e. The van der Waals surface area contributed by atoms with E-state index in [9.17, 15) is 0 Å². The number of hydrogen-bond acceptors (Lipinski definition) is 2. The summed E-state index contributed by atoms with van der Waals surface area (Å²) in [6, 6.07) is 0. The van der Waals surface area contributed by atoms with E-state index in [-0.39, 0.29) is 0 Å². The van der Waals surface area contributed by atoms with Gasteiger partial charge in [-0.1, -0.05) is 19.8 Å². The Morgan fingerprint density at radius 1 is 1.19 bits per heavy atom. The third kappa shape index (κ3) is 2.98. The Kier molecular flexibility index (Phi) is 3.91. The maximum atomic E-state index is 3.51. The van der Waals surface area contributed by atoms with Gasteiger partial charge in [0, 0.05) is 31.7 Å². The predicted molar refractivity (Wildman–Crippen MR) is 69.6 cm³/mol. The third-order valence-corrected chi connectivity index (χ3v) is 4.59. The van der Waals surface area contributed by atoms with Crippen LogP contribution in [-0.2, 0) is 0 Å². The van der Waals surface area contributed by atoms with Gasteiger partial charge in [0.1, 0.15) is 0 Å². The molecule has 0 amide bonds. The first kappa shape index (κ1) is 12.4. The van der Waals surface area contributed by atoms with Crippen molar-refractivity contribution in [2.24, 2.45) is 11.8 Å². The molecular weight excluding hydrogens is 196 g/mol. The lowest BCUT2D eigenvalue weighted by Crippen LogP contribution is -2.58. The lowest BCUT2D eigenvalue weighted by molar-refractivity contribution is 0.0619. The number of nitrogens with one attached hydrogen (secondary N) is 1. The molecule has 16 heavy (non-hydrogen) atoms. The Bertz CT molecular complexity index is 217. The van der Waals surface area contributed by atoms with E-state index in [0.29, 0.717) is 5.54 Å². The first-order valence-electron chi connectivity index (χ1n) is 7.04. The number of hydrogen-bond donors (Lipinski definition) is 1. The van der Waals surface area contributed by atoms with Crippen molar-refractivity contribution in [2.45, 2.75) is 52.0 Å². The van der Waals surface area contributed by atoms with Gasteiger partial charge in [0.25, 0.3) is 0 Å². The highest BCUT2D eigenvalue weighted by atomic mass is 15.2. The third-order valence-electron chi connectivity index (χ3n) is 4.59. The molecule has 1 N–H and O–H groups in total. The Balaban J connectivity index is 1.84. The largest absolute Gasteiger partial charge is 0.314 e. The average molecular weight is 224 g/mol. The molecule has 94 valence electrons. The molecule has 0 aromatic rings. The average Bonchev–Trinajstić information content (AvgIpc) is 2.24. The summed E-state index contributed by atoms with van der Waals surface area (Å²) >= 11 is 0. The van der Waals surface area contributed by atoms with Crippen molar-refractivity contribution >= 4 is 0 Å². The summed E-state index contributed by atoms with van der Waals surface area (Å²) in [5, 5.41) is 3.51. The lowest BCUT2D eigenvalue weighted by Gasteiger charge is -2.45. The highest BCUT2D eigenvalue weighted by Gasteiger charge is 2.31. The molecule has 2 rings (SSSR count). The molecule has 0 aromatic heterocycles. The van der Waals surface area contributed by atoms with Gasteiger partial charge in [-0.15, -0.1) is 0 Å². The van der Waals surface area contributed by atoms with Crippen molar-refractivity contribution in [3.8, 4) is 0 Å². The Labute approximate surface area is 101 Å². The molecule has 0 bridgehead atoms. The molecule has 2 aliphatic rings. The van der Waals surface area contributed by atoms with Gasteiger partial charge in [-0.2, -0.15) is 0 Å². The van der Waals surface area contributed by atoms with E-state index in [4.69, 9.17) is 0 Å². The van der Waals surface area contributed by atoms with Gasteiger partial charge in [-0.3, -0.25) is 4.90 Å². The van der Waals surface area contributed by atoms with E-state index < -0.39 is 0 Å². The van der Waals surface area contributed by atoms with Crippen molar-refractivity contribution in [2.75, 3.05) is 26.2 Å². The zero-order valence-electron chi connectivity index (χ0n) is 11.3. The van der Waals surface area contributed by atoms with Crippen LogP contribution in [-0.4, -0.2) is 36.6 Å². The van der Waals surface area contributed by atoms with Crippen molar-refractivity contribution in [3.63, 3.8) is 0 Å². The molecule has 1 saturated carbocycles. The molecule has 2 heteroatoms. The summed E-state index contributed by atoms with van der Waals surface area (Å²) < 4.78 is 0. The van der Waals surface area contributed by atoms with Crippen LogP contribution in [0.15, 0.2) is 0 Å². The first-order chi connectivity index (χ1) is 7.58. The standard InChI is InChI=1S/C14H28N2/c1-12-4-6-13(7-5-12)10-16-9-8-15-11-14(16,2)3/h12-13,15H,4-11H2,1-3H3. The maximum absolute atomic E-state index is 3.51. The maximum Gasteiger partial charge on any atom is 0.0278 e. The van der Waals surface area contributed by atoms with E-state index >= 15 is 0 Å². The van der Waals surface area contributed by atoms with Gasteiger partial charge >= 0.3 is 0 Å². The molecule has 0 spiro atoms. The topological polar surface area (TPSA) is 15.3 Å². The van der Waals surface area contributed by atoms with Crippen LogP contribution < -0.4 is 5.32 Å². The molecule has 2 nitrogen and oxygen atoms in total. The lowest BCUT2D eigenvalue weighted by atomic mass is 9.82. The van der Waals surface area contributed by atoms with E-state index in [1.165, 1.54) is 45.3 Å². The van der Waals surface area contributed by atoms with E-state index in [2.05, 4.69) is 31.0 Å². The SMILES string of the molecule is CC1CCC(CN2CCNCC2(C)C)CC1. The highest BCUT2D eigenvalue weighted by molar-refractivity contribution is 4.89. The van der Waals surface area contributed by atoms with E-state index in [1.807, 2.05) is 0 Å². The number of piperazine rings is 1.